The van der Waals surface area contributed by atoms with E-state index in [-0.39, 0.29) is 11.1 Å². The Morgan fingerprint density at radius 1 is 0.611 bits per heavy atom. The molecule has 36 heavy (non-hydrogen) atoms. The van der Waals surface area contributed by atoms with E-state index in [1.807, 2.05) is 19.1 Å². The summed E-state index contributed by atoms with van der Waals surface area (Å²) in [7, 11) is 0. The first-order valence-corrected chi connectivity index (χ1v) is 11.2. The topological polar surface area (TPSA) is 0 Å². The van der Waals surface area contributed by atoms with E-state index in [1.165, 1.54) is 12.1 Å². The van der Waals surface area contributed by atoms with Gasteiger partial charge in [-0.2, -0.15) is 0 Å². The predicted molar refractivity (Wildman–Crippen MR) is 132 cm³/mol. The molecule has 5 heteroatoms. The van der Waals surface area contributed by atoms with Gasteiger partial charge in [0.05, 0.1) is 11.1 Å². The van der Waals surface area contributed by atoms with Crippen molar-refractivity contribution in [2.45, 2.75) is 19.8 Å². The number of halogens is 5. The Kier molecular flexibility index (Phi) is 7.52. The highest BCUT2D eigenvalue weighted by Crippen LogP contribution is 2.20. The largest absolute Gasteiger partial charge is 0.206 e. The first kappa shape index (κ1) is 24.8. The second kappa shape index (κ2) is 10.9. The van der Waals surface area contributed by atoms with Crippen LogP contribution < -0.4 is 0 Å². The van der Waals surface area contributed by atoms with E-state index in [9.17, 15) is 22.0 Å². The Bertz CT molecular complexity index is 1580. The molecule has 4 aromatic carbocycles. The normalized spacial score (nSPS) is 10.7. The fourth-order valence-electron chi connectivity index (χ4n) is 3.59. The molecule has 0 saturated carbocycles. The van der Waals surface area contributed by atoms with Crippen LogP contribution in [0.15, 0.2) is 72.8 Å². The van der Waals surface area contributed by atoms with Gasteiger partial charge >= 0.3 is 0 Å². The van der Waals surface area contributed by atoms with Crippen molar-refractivity contribution in [2.24, 2.45) is 0 Å². The summed E-state index contributed by atoms with van der Waals surface area (Å²) in [5.41, 5.74) is 0.917. The Hall–Kier alpha value is -4.35. The molecule has 0 amide bonds. The van der Waals surface area contributed by atoms with Crippen LogP contribution in [0.5, 0.6) is 0 Å². The molecule has 0 atom stereocenters. The van der Waals surface area contributed by atoms with Crippen molar-refractivity contribution in [1.29, 1.82) is 0 Å². The second-order valence-electron chi connectivity index (χ2n) is 8.07. The molecule has 0 spiro atoms. The lowest BCUT2D eigenvalue weighted by molar-refractivity contribution is 0.511. The summed E-state index contributed by atoms with van der Waals surface area (Å²) in [4.78, 5) is 0. The lowest BCUT2D eigenvalue weighted by atomic mass is 10.1. The highest BCUT2D eigenvalue weighted by atomic mass is 19.2. The van der Waals surface area contributed by atoms with Crippen molar-refractivity contribution < 1.29 is 22.0 Å². The lowest BCUT2D eigenvalue weighted by Gasteiger charge is -2.02. The zero-order valence-electron chi connectivity index (χ0n) is 19.2. The summed E-state index contributed by atoms with van der Waals surface area (Å²) in [6, 6.07) is 13.5. The molecule has 0 aliphatic rings. The molecular formula is C31H19F5. The fourth-order valence-corrected chi connectivity index (χ4v) is 3.59. The van der Waals surface area contributed by atoms with Crippen molar-refractivity contribution in [1.82, 2.24) is 0 Å². The molecule has 0 radical (unpaired) electrons. The summed E-state index contributed by atoms with van der Waals surface area (Å²) < 4.78 is 70.4. The van der Waals surface area contributed by atoms with Gasteiger partial charge in [-0.05, 0) is 84.6 Å². The molecule has 0 aliphatic carbocycles. The van der Waals surface area contributed by atoms with Gasteiger partial charge in [0.2, 0.25) is 0 Å². The number of hydrogen-bond acceptors (Lipinski definition) is 0. The van der Waals surface area contributed by atoms with E-state index in [2.05, 4.69) is 23.7 Å². The summed E-state index contributed by atoms with van der Waals surface area (Å²) in [5.74, 6) is 6.00. The van der Waals surface area contributed by atoms with Gasteiger partial charge < -0.3 is 0 Å². The van der Waals surface area contributed by atoms with Gasteiger partial charge in [-0.3, -0.25) is 0 Å². The van der Waals surface area contributed by atoms with Gasteiger partial charge in [0, 0.05) is 11.1 Å². The van der Waals surface area contributed by atoms with E-state index in [1.54, 1.807) is 24.3 Å². The van der Waals surface area contributed by atoms with Crippen molar-refractivity contribution in [3.05, 3.63) is 130 Å². The van der Waals surface area contributed by atoms with Crippen molar-refractivity contribution >= 4 is 10.8 Å². The SMILES string of the molecule is C/C=C/CCc1ccc(C#Cc2cc(F)c(C#Cc3ccc4cc(F)c(F)cc4c3)c(F)c2)c(F)c1. The molecule has 0 unspecified atom stereocenters. The maximum absolute atomic E-state index is 14.6. The number of allylic oxidation sites excluding steroid dienone is 2. The van der Waals surface area contributed by atoms with Gasteiger partial charge in [0.1, 0.15) is 17.5 Å². The number of aryl methyl sites for hydroxylation is 1. The molecular weight excluding hydrogens is 467 g/mol. The lowest BCUT2D eigenvalue weighted by Crippen LogP contribution is -1.93. The minimum Gasteiger partial charge on any atom is -0.206 e. The Balaban J connectivity index is 1.56. The van der Waals surface area contributed by atoms with Gasteiger partial charge in [0.15, 0.2) is 11.6 Å². The van der Waals surface area contributed by atoms with Crippen LogP contribution in [0.1, 0.15) is 41.2 Å². The smallest absolute Gasteiger partial charge is 0.159 e. The fraction of sp³-hybridized carbons (Fsp3) is 0.0968. The Morgan fingerprint density at radius 2 is 1.31 bits per heavy atom. The van der Waals surface area contributed by atoms with Crippen LogP contribution >= 0.6 is 0 Å². The van der Waals surface area contributed by atoms with Crippen LogP contribution in [0.2, 0.25) is 0 Å². The minimum absolute atomic E-state index is 0.0373. The van der Waals surface area contributed by atoms with Gasteiger partial charge in [-0.25, -0.2) is 22.0 Å². The molecule has 0 aliphatic heterocycles. The summed E-state index contributed by atoms with van der Waals surface area (Å²) in [6.45, 7) is 1.92. The molecule has 0 bridgehead atoms. The molecule has 0 fully saturated rings. The zero-order valence-corrected chi connectivity index (χ0v) is 19.2. The molecule has 0 N–H and O–H groups in total. The minimum atomic E-state index is -0.998. The van der Waals surface area contributed by atoms with Crippen LogP contribution in [0.3, 0.4) is 0 Å². The van der Waals surface area contributed by atoms with Gasteiger partial charge in [-0.1, -0.05) is 48.0 Å². The maximum Gasteiger partial charge on any atom is 0.159 e. The predicted octanol–water partition coefficient (Wildman–Crippen LogP) is 7.84. The van der Waals surface area contributed by atoms with Crippen molar-refractivity contribution in [3.63, 3.8) is 0 Å². The molecule has 4 rings (SSSR count). The molecule has 0 saturated heterocycles. The highest BCUT2D eigenvalue weighted by molar-refractivity contribution is 5.84. The molecule has 0 nitrogen and oxygen atoms in total. The van der Waals surface area contributed by atoms with Crippen LogP contribution in [0.25, 0.3) is 10.8 Å². The number of benzene rings is 4. The van der Waals surface area contributed by atoms with Crippen LogP contribution in [-0.2, 0) is 6.42 Å². The van der Waals surface area contributed by atoms with Crippen LogP contribution in [-0.4, -0.2) is 0 Å². The summed E-state index contributed by atoms with van der Waals surface area (Å²) >= 11 is 0. The Labute approximate surface area is 206 Å². The van der Waals surface area contributed by atoms with Crippen LogP contribution in [0.4, 0.5) is 22.0 Å². The second-order valence-corrected chi connectivity index (χ2v) is 8.07. The number of fused-ring (bicyclic) bond motifs is 1. The molecule has 0 heterocycles. The van der Waals surface area contributed by atoms with Crippen molar-refractivity contribution in [3.8, 4) is 23.7 Å². The monoisotopic (exact) mass is 486 g/mol. The molecule has 178 valence electrons. The average molecular weight is 486 g/mol. The first-order chi connectivity index (χ1) is 17.3. The van der Waals surface area contributed by atoms with E-state index in [0.717, 1.165) is 36.2 Å². The zero-order chi connectivity index (χ0) is 25.7. The quantitative estimate of drug-likeness (QED) is 0.157. The summed E-state index contributed by atoms with van der Waals surface area (Å²) in [6.07, 6.45) is 5.42. The van der Waals surface area contributed by atoms with Crippen molar-refractivity contribution in [2.75, 3.05) is 0 Å². The van der Waals surface area contributed by atoms with Crippen LogP contribution in [0, 0.1) is 52.8 Å². The number of hydrogen-bond donors (Lipinski definition) is 0. The maximum atomic E-state index is 14.6. The average Bonchev–Trinajstić information content (AvgIpc) is 2.84. The highest BCUT2D eigenvalue weighted by Gasteiger charge is 2.09. The van der Waals surface area contributed by atoms with Gasteiger partial charge in [-0.15, -0.1) is 0 Å². The van der Waals surface area contributed by atoms with E-state index in [0.29, 0.717) is 22.8 Å². The Morgan fingerprint density at radius 3 is 2.00 bits per heavy atom. The first-order valence-electron chi connectivity index (χ1n) is 11.2. The third kappa shape index (κ3) is 5.82. The molecule has 4 aromatic rings. The van der Waals surface area contributed by atoms with E-state index in [4.69, 9.17) is 0 Å². The van der Waals surface area contributed by atoms with E-state index >= 15 is 0 Å². The van der Waals surface area contributed by atoms with E-state index < -0.39 is 34.6 Å². The standard InChI is InChI=1S/C31H19F5/c1-2-3-4-5-20-6-10-23(27(32)15-20)11-8-22-16-28(33)26(29(34)17-22)13-9-21-7-12-24-18-30(35)31(36)19-25(24)14-21/h2-3,6-7,10,12,14-19H,4-5H2,1H3/b3-2+. The third-order valence-corrected chi connectivity index (χ3v) is 5.46. The summed E-state index contributed by atoms with van der Waals surface area (Å²) in [5, 5.41) is 0.879. The molecule has 0 aromatic heterocycles. The third-order valence-electron chi connectivity index (χ3n) is 5.46. The number of rotatable bonds is 3. The van der Waals surface area contributed by atoms with Gasteiger partial charge in [0.25, 0.3) is 0 Å².